The van der Waals surface area contributed by atoms with E-state index in [1.54, 1.807) is 17.0 Å². The molecule has 2 atom stereocenters. The van der Waals surface area contributed by atoms with Gasteiger partial charge in [0.2, 0.25) is 0 Å². The minimum atomic E-state index is -0.836. The monoisotopic (exact) mass is 227 g/mol. The second-order valence-electron chi connectivity index (χ2n) is 3.98. The third-order valence-electron chi connectivity index (χ3n) is 2.79. The van der Waals surface area contributed by atoms with E-state index in [0.29, 0.717) is 11.3 Å². The van der Waals surface area contributed by atoms with E-state index >= 15 is 0 Å². The van der Waals surface area contributed by atoms with Gasteiger partial charge in [-0.25, -0.2) is 4.39 Å². The van der Waals surface area contributed by atoms with Crippen LogP contribution in [0.4, 0.5) is 10.1 Å². The number of anilines is 1. The number of hydrogen-bond donors (Lipinski definition) is 3. The highest BCUT2D eigenvalue weighted by molar-refractivity contribution is 5.50. The molecule has 0 spiro atoms. The topological polar surface area (TPSA) is 63.9 Å². The van der Waals surface area contributed by atoms with Gasteiger partial charge in [0.1, 0.15) is 5.82 Å². The van der Waals surface area contributed by atoms with Crippen LogP contribution in [-0.4, -0.2) is 40.6 Å². The van der Waals surface area contributed by atoms with Crippen molar-refractivity contribution in [1.82, 2.24) is 0 Å². The standard InChI is InChI=1S/C11H14FNO3/c12-8-3-7(6-14)1-2-9(8)13-4-10(15)11(16)5-13/h1-3,10-11,14-16H,4-6H2. The Bertz CT molecular complexity index is 375. The molecule has 0 bridgehead atoms. The second-order valence-corrected chi connectivity index (χ2v) is 3.98. The summed E-state index contributed by atoms with van der Waals surface area (Å²) in [6.45, 7) is 0.232. The van der Waals surface area contributed by atoms with Gasteiger partial charge in [-0.15, -0.1) is 0 Å². The van der Waals surface area contributed by atoms with Gasteiger partial charge in [0.25, 0.3) is 0 Å². The van der Waals surface area contributed by atoms with Crippen molar-refractivity contribution in [2.75, 3.05) is 18.0 Å². The van der Waals surface area contributed by atoms with Crippen LogP contribution in [0.3, 0.4) is 0 Å². The average Bonchev–Trinajstić information content (AvgIpc) is 2.58. The molecule has 1 aliphatic rings. The molecule has 0 amide bonds. The first kappa shape index (κ1) is 11.3. The number of hydrogen-bond acceptors (Lipinski definition) is 4. The van der Waals surface area contributed by atoms with Crippen LogP contribution in [0.1, 0.15) is 5.56 Å². The molecule has 5 heteroatoms. The van der Waals surface area contributed by atoms with Crippen molar-refractivity contribution in [3.8, 4) is 0 Å². The van der Waals surface area contributed by atoms with Crippen LogP contribution >= 0.6 is 0 Å². The summed E-state index contributed by atoms with van der Waals surface area (Å²) >= 11 is 0. The van der Waals surface area contributed by atoms with Gasteiger partial charge in [-0.05, 0) is 17.7 Å². The van der Waals surface area contributed by atoms with Gasteiger partial charge in [0.05, 0.1) is 24.5 Å². The molecule has 1 fully saturated rings. The van der Waals surface area contributed by atoms with E-state index in [9.17, 15) is 14.6 Å². The van der Waals surface area contributed by atoms with Crippen molar-refractivity contribution < 1.29 is 19.7 Å². The summed E-state index contributed by atoms with van der Waals surface area (Å²) in [6, 6.07) is 4.42. The van der Waals surface area contributed by atoms with Crippen molar-refractivity contribution >= 4 is 5.69 Å². The van der Waals surface area contributed by atoms with Crippen LogP contribution < -0.4 is 4.90 Å². The van der Waals surface area contributed by atoms with Crippen molar-refractivity contribution in [2.24, 2.45) is 0 Å². The lowest BCUT2D eigenvalue weighted by Gasteiger charge is -2.18. The summed E-state index contributed by atoms with van der Waals surface area (Å²) in [7, 11) is 0. The van der Waals surface area contributed by atoms with E-state index in [0.717, 1.165) is 0 Å². The first-order chi connectivity index (χ1) is 7.61. The van der Waals surface area contributed by atoms with Crippen LogP contribution in [0.5, 0.6) is 0 Å². The number of β-amino-alcohol motifs (C(OH)–C–C–N with tert-alkyl or cyclic N) is 2. The highest BCUT2D eigenvalue weighted by Gasteiger charge is 2.30. The average molecular weight is 227 g/mol. The van der Waals surface area contributed by atoms with E-state index in [4.69, 9.17) is 5.11 Å². The molecule has 1 aromatic carbocycles. The normalized spacial score (nSPS) is 25.1. The van der Waals surface area contributed by atoms with Gasteiger partial charge in [0, 0.05) is 13.1 Å². The number of benzene rings is 1. The fraction of sp³-hybridized carbons (Fsp3) is 0.455. The quantitative estimate of drug-likeness (QED) is 0.658. The Morgan fingerprint density at radius 1 is 1.25 bits per heavy atom. The molecular formula is C11H14FNO3. The first-order valence-corrected chi connectivity index (χ1v) is 5.12. The Morgan fingerprint density at radius 2 is 1.88 bits per heavy atom. The first-order valence-electron chi connectivity index (χ1n) is 5.12. The molecular weight excluding hydrogens is 213 g/mol. The van der Waals surface area contributed by atoms with E-state index in [-0.39, 0.29) is 19.7 Å². The zero-order valence-corrected chi connectivity index (χ0v) is 8.67. The lowest BCUT2D eigenvalue weighted by Crippen LogP contribution is -2.22. The van der Waals surface area contributed by atoms with Gasteiger partial charge in [0.15, 0.2) is 0 Å². The summed E-state index contributed by atoms with van der Waals surface area (Å²) < 4.78 is 13.6. The molecule has 16 heavy (non-hydrogen) atoms. The number of aliphatic hydroxyl groups is 3. The summed E-state index contributed by atoms with van der Waals surface area (Å²) in [4.78, 5) is 1.59. The van der Waals surface area contributed by atoms with Gasteiger partial charge < -0.3 is 20.2 Å². The summed E-state index contributed by atoms with van der Waals surface area (Å²) in [5, 5.41) is 27.6. The third-order valence-corrected chi connectivity index (χ3v) is 2.79. The molecule has 1 aliphatic heterocycles. The predicted octanol–water partition coefficient (Wildman–Crippen LogP) is -0.140. The maximum absolute atomic E-state index is 13.6. The van der Waals surface area contributed by atoms with E-state index < -0.39 is 18.0 Å². The molecule has 2 rings (SSSR count). The Morgan fingerprint density at radius 3 is 2.38 bits per heavy atom. The fourth-order valence-corrected chi connectivity index (χ4v) is 1.87. The van der Waals surface area contributed by atoms with Gasteiger partial charge in [-0.3, -0.25) is 0 Å². The number of aliphatic hydroxyl groups excluding tert-OH is 3. The number of nitrogens with zero attached hydrogens (tertiary/aromatic N) is 1. The molecule has 2 unspecified atom stereocenters. The minimum absolute atomic E-state index is 0.206. The third kappa shape index (κ3) is 2.02. The summed E-state index contributed by atoms with van der Waals surface area (Å²) in [5.74, 6) is -0.451. The maximum atomic E-state index is 13.6. The van der Waals surface area contributed by atoms with E-state index in [2.05, 4.69) is 0 Å². The molecule has 1 heterocycles. The SMILES string of the molecule is OCc1ccc(N2CC(O)C(O)C2)c(F)c1. The van der Waals surface area contributed by atoms with Gasteiger partial charge in [-0.1, -0.05) is 6.07 Å². The molecule has 1 aromatic rings. The Hall–Kier alpha value is -1.17. The van der Waals surface area contributed by atoms with Gasteiger partial charge in [-0.2, -0.15) is 0 Å². The Labute approximate surface area is 92.6 Å². The molecule has 4 nitrogen and oxygen atoms in total. The molecule has 0 aliphatic carbocycles. The second kappa shape index (κ2) is 4.37. The van der Waals surface area contributed by atoms with Crippen LogP contribution in [0.15, 0.2) is 18.2 Å². The molecule has 0 radical (unpaired) electrons. The molecule has 0 aromatic heterocycles. The lowest BCUT2D eigenvalue weighted by molar-refractivity contribution is 0.0572. The summed E-state index contributed by atoms with van der Waals surface area (Å²) in [5.41, 5.74) is 0.842. The molecule has 3 N–H and O–H groups in total. The summed E-state index contributed by atoms with van der Waals surface area (Å²) in [6.07, 6.45) is -1.67. The molecule has 88 valence electrons. The van der Waals surface area contributed by atoms with Crippen LogP contribution in [0.25, 0.3) is 0 Å². The van der Waals surface area contributed by atoms with Gasteiger partial charge >= 0.3 is 0 Å². The highest BCUT2D eigenvalue weighted by Crippen LogP contribution is 2.24. The Balaban J connectivity index is 2.22. The highest BCUT2D eigenvalue weighted by atomic mass is 19.1. The lowest BCUT2D eigenvalue weighted by atomic mass is 10.2. The smallest absolute Gasteiger partial charge is 0.146 e. The van der Waals surface area contributed by atoms with Crippen molar-refractivity contribution in [2.45, 2.75) is 18.8 Å². The van der Waals surface area contributed by atoms with Crippen molar-refractivity contribution in [3.05, 3.63) is 29.6 Å². The van der Waals surface area contributed by atoms with Crippen LogP contribution in [-0.2, 0) is 6.61 Å². The zero-order valence-electron chi connectivity index (χ0n) is 8.67. The predicted molar refractivity (Wildman–Crippen MR) is 56.5 cm³/mol. The Kier molecular flexibility index (Phi) is 3.09. The minimum Gasteiger partial charge on any atom is -0.392 e. The molecule has 0 saturated carbocycles. The van der Waals surface area contributed by atoms with Crippen molar-refractivity contribution in [1.29, 1.82) is 0 Å². The van der Waals surface area contributed by atoms with E-state index in [1.807, 2.05) is 0 Å². The maximum Gasteiger partial charge on any atom is 0.146 e. The zero-order chi connectivity index (χ0) is 11.7. The number of halogens is 1. The van der Waals surface area contributed by atoms with E-state index in [1.165, 1.54) is 6.07 Å². The molecule has 1 saturated heterocycles. The fourth-order valence-electron chi connectivity index (χ4n) is 1.87. The largest absolute Gasteiger partial charge is 0.392 e. The van der Waals surface area contributed by atoms with Crippen molar-refractivity contribution in [3.63, 3.8) is 0 Å². The van der Waals surface area contributed by atoms with Crippen LogP contribution in [0.2, 0.25) is 0 Å². The van der Waals surface area contributed by atoms with Crippen LogP contribution in [0, 0.1) is 5.82 Å². The number of rotatable bonds is 2.